The minimum atomic E-state index is -4.00. The van der Waals surface area contributed by atoms with Gasteiger partial charge in [-0.05, 0) is 30.5 Å². The second kappa shape index (κ2) is 12.0. The zero-order chi connectivity index (χ0) is 26.3. The molecule has 35 heavy (non-hydrogen) atoms. The monoisotopic (exact) mass is 524 g/mol. The van der Waals surface area contributed by atoms with Crippen molar-refractivity contribution in [3.8, 4) is 0 Å². The number of hydrogen-bond donors (Lipinski definition) is 1. The highest BCUT2D eigenvalue weighted by Gasteiger charge is 2.31. The largest absolute Gasteiger partial charge is 0.354 e. The minimum absolute atomic E-state index is 0.0374. The third-order valence-corrected chi connectivity index (χ3v) is 6.67. The van der Waals surface area contributed by atoms with Gasteiger partial charge in [0.15, 0.2) is 0 Å². The van der Waals surface area contributed by atoms with Gasteiger partial charge in [-0.15, -0.1) is 0 Å². The van der Waals surface area contributed by atoms with Crippen molar-refractivity contribution in [3.63, 3.8) is 0 Å². The summed E-state index contributed by atoms with van der Waals surface area (Å²) in [4.78, 5) is 38.0. The molecule has 1 atom stereocenters. The Hall–Kier alpha value is -3.18. The predicted octanol–water partition coefficient (Wildman–Crippen LogP) is 3.20. The number of carbonyl (C=O) groups excluding carboxylic acids is 2. The average Bonchev–Trinajstić information content (AvgIpc) is 2.79. The number of sulfonamides is 1. The van der Waals surface area contributed by atoms with Crippen LogP contribution < -0.4 is 9.62 Å². The highest BCUT2D eigenvalue weighted by molar-refractivity contribution is 7.92. The number of amides is 2. The van der Waals surface area contributed by atoms with Crippen molar-refractivity contribution in [1.82, 2.24) is 10.2 Å². The molecule has 1 unspecified atom stereocenters. The molecule has 10 nitrogen and oxygen atoms in total. The maximum absolute atomic E-state index is 13.5. The van der Waals surface area contributed by atoms with Crippen LogP contribution in [-0.2, 0) is 26.2 Å². The molecule has 12 heteroatoms. The fraction of sp³-hybridized carbons (Fsp3) is 0.391. The summed E-state index contributed by atoms with van der Waals surface area (Å²) in [5.74, 6) is -0.886. The van der Waals surface area contributed by atoms with Gasteiger partial charge in [-0.3, -0.25) is 24.0 Å². The standard InChI is InChI=1S/C23H29ClN4O6S/c1-16(2)13-25-23(30)17(3)26(14-18-8-5-6-11-21(18)24)22(29)15-27(35(4,33)34)19-9-7-10-20(12-19)28(31)32/h5-12,16-17H,13-15H2,1-4H3,(H,25,30). The molecule has 0 radical (unpaired) electrons. The zero-order valence-electron chi connectivity index (χ0n) is 20.0. The average molecular weight is 525 g/mol. The van der Waals surface area contributed by atoms with Crippen molar-refractivity contribution < 1.29 is 22.9 Å². The molecule has 2 amide bonds. The highest BCUT2D eigenvalue weighted by atomic mass is 35.5. The summed E-state index contributed by atoms with van der Waals surface area (Å²) < 4.78 is 25.9. The molecular formula is C23H29ClN4O6S. The quantitative estimate of drug-likeness (QED) is 0.355. The van der Waals surface area contributed by atoms with Crippen LogP contribution in [0.5, 0.6) is 0 Å². The molecule has 2 aromatic rings. The molecule has 0 heterocycles. The van der Waals surface area contributed by atoms with E-state index in [0.29, 0.717) is 17.1 Å². The van der Waals surface area contributed by atoms with Crippen LogP contribution in [0, 0.1) is 16.0 Å². The van der Waals surface area contributed by atoms with Crippen molar-refractivity contribution in [1.29, 1.82) is 0 Å². The second-order valence-corrected chi connectivity index (χ2v) is 10.8. The molecule has 1 N–H and O–H groups in total. The van der Waals surface area contributed by atoms with Crippen LogP contribution in [0.2, 0.25) is 5.02 Å². The maximum atomic E-state index is 13.5. The topological polar surface area (TPSA) is 130 Å². The van der Waals surface area contributed by atoms with E-state index in [0.717, 1.165) is 16.6 Å². The maximum Gasteiger partial charge on any atom is 0.271 e. The minimum Gasteiger partial charge on any atom is -0.354 e. The van der Waals surface area contributed by atoms with E-state index in [-0.39, 0.29) is 23.8 Å². The number of halogens is 1. The number of carbonyl (C=O) groups is 2. The lowest BCUT2D eigenvalue weighted by atomic mass is 10.1. The Morgan fingerprint density at radius 2 is 1.77 bits per heavy atom. The van der Waals surface area contributed by atoms with E-state index in [4.69, 9.17) is 11.6 Å². The Labute approximate surface area is 210 Å². The SMILES string of the molecule is CC(C)CNC(=O)C(C)N(Cc1ccccc1Cl)C(=O)CN(c1cccc([N+](=O)[O-])c1)S(C)(=O)=O. The molecule has 0 bridgehead atoms. The van der Waals surface area contributed by atoms with Gasteiger partial charge in [0.1, 0.15) is 12.6 Å². The third-order valence-electron chi connectivity index (χ3n) is 5.16. The summed E-state index contributed by atoms with van der Waals surface area (Å²) in [7, 11) is -4.00. The molecule has 0 fully saturated rings. The summed E-state index contributed by atoms with van der Waals surface area (Å²) in [6, 6.07) is 10.9. The summed E-state index contributed by atoms with van der Waals surface area (Å²) in [6.07, 6.45) is 0.899. The van der Waals surface area contributed by atoms with Crippen molar-refractivity contribution in [3.05, 3.63) is 69.2 Å². The summed E-state index contributed by atoms with van der Waals surface area (Å²) in [5.41, 5.74) is 0.217. The first-order valence-corrected chi connectivity index (χ1v) is 13.1. The molecule has 0 aromatic heterocycles. The summed E-state index contributed by atoms with van der Waals surface area (Å²) >= 11 is 6.27. The summed E-state index contributed by atoms with van der Waals surface area (Å²) in [5, 5.41) is 14.3. The molecule has 0 aliphatic heterocycles. The van der Waals surface area contributed by atoms with Gasteiger partial charge >= 0.3 is 0 Å². The number of nitrogens with zero attached hydrogens (tertiary/aromatic N) is 3. The molecule has 2 rings (SSSR count). The first kappa shape index (κ1) is 28.1. The Morgan fingerprint density at radius 3 is 2.34 bits per heavy atom. The van der Waals surface area contributed by atoms with E-state index in [1.165, 1.54) is 23.1 Å². The highest BCUT2D eigenvalue weighted by Crippen LogP contribution is 2.24. The normalized spacial score (nSPS) is 12.2. The summed E-state index contributed by atoms with van der Waals surface area (Å²) in [6.45, 7) is 5.11. The van der Waals surface area contributed by atoms with Gasteiger partial charge < -0.3 is 10.2 Å². The van der Waals surface area contributed by atoms with Crippen LogP contribution in [0.4, 0.5) is 11.4 Å². The van der Waals surface area contributed by atoms with Crippen molar-refractivity contribution in [2.75, 3.05) is 23.7 Å². The van der Waals surface area contributed by atoms with E-state index in [1.54, 1.807) is 31.2 Å². The number of anilines is 1. The van der Waals surface area contributed by atoms with E-state index in [9.17, 15) is 28.1 Å². The molecular weight excluding hydrogens is 496 g/mol. The lowest BCUT2D eigenvalue weighted by Gasteiger charge is -2.31. The van der Waals surface area contributed by atoms with Crippen LogP contribution in [0.25, 0.3) is 0 Å². The van der Waals surface area contributed by atoms with E-state index < -0.39 is 39.3 Å². The van der Waals surface area contributed by atoms with Crippen LogP contribution in [-0.4, -0.2) is 55.4 Å². The van der Waals surface area contributed by atoms with Gasteiger partial charge in [-0.1, -0.05) is 49.7 Å². The number of benzene rings is 2. The van der Waals surface area contributed by atoms with Crippen LogP contribution in [0.15, 0.2) is 48.5 Å². The molecule has 0 saturated carbocycles. The van der Waals surface area contributed by atoms with Crippen LogP contribution in [0.1, 0.15) is 26.3 Å². The second-order valence-electron chi connectivity index (χ2n) is 8.47. The van der Waals surface area contributed by atoms with Crippen molar-refractivity contribution >= 4 is 44.8 Å². The fourth-order valence-corrected chi connectivity index (χ4v) is 4.26. The predicted molar refractivity (Wildman–Crippen MR) is 135 cm³/mol. The molecule has 2 aromatic carbocycles. The zero-order valence-corrected chi connectivity index (χ0v) is 21.5. The first-order valence-electron chi connectivity index (χ1n) is 10.8. The van der Waals surface area contributed by atoms with E-state index >= 15 is 0 Å². The van der Waals surface area contributed by atoms with E-state index in [2.05, 4.69) is 5.32 Å². The molecule has 0 spiro atoms. The van der Waals surface area contributed by atoms with Gasteiger partial charge in [-0.25, -0.2) is 8.42 Å². The lowest BCUT2D eigenvalue weighted by molar-refractivity contribution is -0.384. The van der Waals surface area contributed by atoms with Crippen molar-refractivity contribution in [2.45, 2.75) is 33.4 Å². The van der Waals surface area contributed by atoms with Gasteiger partial charge in [0.2, 0.25) is 21.8 Å². The molecule has 0 saturated heterocycles. The molecule has 0 aliphatic rings. The van der Waals surface area contributed by atoms with Crippen LogP contribution >= 0.6 is 11.6 Å². The van der Waals surface area contributed by atoms with Gasteiger partial charge in [0, 0.05) is 30.2 Å². The van der Waals surface area contributed by atoms with Gasteiger partial charge in [-0.2, -0.15) is 0 Å². The first-order chi connectivity index (χ1) is 16.3. The molecule has 190 valence electrons. The number of rotatable bonds is 11. The fourth-order valence-electron chi connectivity index (χ4n) is 3.22. The Bertz CT molecular complexity index is 1190. The Morgan fingerprint density at radius 1 is 1.11 bits per heavy atom. The third kappa shape index (κ3) is 7.93. The van der Waals surface area contributed by atoms with Crippen molar-refractivity contribution in [2.24, 2.45) is 5.92 Å². The smallest absolute Gasteiger partial charge is 0.271 e. The Balaban J connectivity index is 2.42. The van der Waals surface area contributed by atoms with E-state index in [1.807, 2.05) is 13.8 Å². The number of nitro groups is 1. The number of non-ortho nitro benzene ring substituents is 1. The molecule has 0 aliphatic carbocycles. The number of hydrogen-bond acceptors (Lipinski definition) is 6. The Kier molecular flexibility index (Phi) is 9.61. The van der Waals surface area contributed by atoms with Gasteiger partial charge in [0.05, 0.1) is 16.9 Å². The van der Waals surface area contributed by atoms with Crippen LogP contribution in [0.3, 0.4) is 0 Å². The number of nitrogens with one attached hydrogen (secondary N) is 1. The van der Waals surface area contributed by atoms with Gasteiger partial charge in [0.25, 0.3) is 5.69 Å². The number of nitro benzene ring substituents is 1. The lowest BCUT2D eigenvalue weighted by Crippen LogP contribution is -2.51.